The number of guanidine groups is 1. The van der Waals surface area contributed by atoms with E-state index >= 15 is 0 Å². The average molecular weight is 324 g/mol. The van der Waals surface area contributed by atoms with Gasteiger partial charge in [0, 0.05) is 12.1 Å². The van der Waals surface area contributed by atoms with Crippen LogP contribution in [0.4, 0.5) is 0 Å². The molecule has 5 heteroatoms. The molecule has 134 valence electrons. The SMILES string of the molecule is CC(C)CCNC(N)=NCC1(N2CCCCC2)CCN(C)CC1. The number of likely N-dealkylation sites (tertiary alicyclic amines) is 2. The Bertz CT molecular complexity index is 366. The van der Waals surface area contributed by atoms with Crippen LogP contribution in [0.15, 0.2) is 4.99 Å². The molecular weight excluding hydrogens is 286 g/mol. The fraction of sp³-hybridized carbons (Fsp3) is 0.944. The van der Waals surface area contributed by atoms with Crippen molar-refractivity contribution < 1.29 is 0 Å². The van der Waals surface area contributed by atoms with Gasteiger partial charge in [-0.2, -0.15) is 0 Å². The summed E-state index contributed by atoms with van der Waals surface area (Å²) in [4.78, 5) is 9.90. The minimum Gasteiger partial charge on any atom is -0.370 e. The second kappa shape index (κ2) is 8.88. The molecule has 5 nitrogen and oxygen atoms in total. The first-order chi connectivity index (χ1) is 11.0. The van der Waals surface area contributed by atoms with E-state index in [1.807, 2.05) is 0 Å². The Labute approximate surface area is 142 Å². The molecule has 0 unspecified atom stereocenters. The van der Waals surface area contributed by atoms with Gasteiger partial charge >= 0.3 is 0 Å². The Kier molecular flexibility index (Phi) is 7.15. The van der Waals surface area contributed by atoms with Crippen LogP contribution in [0.3, 0.4) is 0 Å². The molecule has 3 N–H and O–H groups in total. The number of hydrogen-bond acceptors (Lipinski definition) is 3. The zero-order chi connectivity index (χ0) is 16.7. The minimum absolute atomic E-state index is 0.233. The lowest BCUT2D eigenvalue weighted by Gasteiger charge is -2.49. The quantitative estimate of drug-likeness (QED) is 0.579. The van der Waals surface area contributed by atoms with Crippen molar-refractivity contribution in [3.63, 3.8) is 0 Å². The molecule has 0 aromatic rings. The molecule has 0 bridgehead atoms. The molecule has 2 heterocycles. The monoisotopic (exact) mass is 323 g/mol. The highest BCUT2D eigenvalue weighted by molar-refractivity contribution is 5.77. The molecule has 0 amide bonds. The van der Waals surface area contributed by atoms with E-state index in [4.69, 9.17) is 10.7 Å². The van der Waals surface area contributed by atoms with Crippen molar-refractivity contribution in [3.8, 4) is 0 Å². The fourth-order valence-electron chi connectivity index (χ4n) is 3.75. The zero-order valence-corrected chi connectivity index (χ0v) is 15.5. The van der Waals surface area contributed by atoms with E-state index in [1.54, 1.807) is 0 Å². The fourth-order valence-corrected chi connectivity index (χ4v) is 3.75. The van der Waals surface area contributed by atoms with Crippen LogP contribution >= 0.6 is 0 Å². The van der Waals surface area contributed by atoms with Crippen LogP contribution < -0.4 is 11.1 Å². The third kappa shape index (κ3) is 5.64. The second-order valence-electron chi connectivity index (χ2n) is 7.89. The lowest BCUT2D eigenvalue weighted by Crippen LogP contribution is -2.58. The number of nitrogens with zero attached hydrogens (tertiary/aromatic N) is 3. The number of aliphatic imine (C=N–C) groups is 1. The normalized spacial score (nSPS) is 24.1. The van der Waals surface area contributed by atoms with Crippen molar-refractivity contribution in [2.24, 2.45) is 16.6 Å². The molecule has 0 aromatic heterocycles. The topological polar surface area (TPSA) is 56.9 Å². The highest BCUT2D eigenvalue weighted by Gasteiger charge is 2.39. The summed E-state index contributed by atoms with van der Waals surface area (Å²) >= 11 is 0. The van der Waals surface area contributed by atoms with E-state index in [2.05, 4.69) is 36.0 Å². The predicted octanol–water partition coefficient (Wildman–Crippen LogP) is 1.89. The highest BCUT2D eigenvalue weighted by atomic mass is 15.3. The van der Waals surface area contributed by atoms with Gasteiger partial charge in [0.1, 0.15) is 0 Å². The number of hydrogen-bond donors (Lipinski definition) is 2. The highest BCUT2D eigenvalue weighted by Crippen LogP contribution is 2.31. The van der Waals surface area contributed by atoms with Crippen molar-refractivity contribution in [1.29, 1.82) is 0 Å². The van der Waals surface area contributed by atoms with Crippen LogP contribution in [-0.4, -0.2) is 67.6 Å². The van der Waals surface area contributed by atoms with E-state index in [0.29, 0.717) is 11.9 Å². The van der Waals surface area contributed by atoms with Crippen LogP contribution in [0.25, 0.3) is 0 Å². The van der Waals surface area contributed by atoms with Crippen molar-refractivity contribution in [2.45, 2.75) is 57.9 Å². The molecule has 23 heavy (non-hydrogen) atoms. The summed E-state index contributed by atoms with van der Waals surface area (Å²) in [5.74, 6) is 1.32. The predicted molar refractivity (Wildman–Crippen MR) is 98.8 cm³/mol. The third-order valence-electron chi connectivity index (χ3n) is 5.52. The first kappa shape index (κ1) is 18.5. The maximum atomic E-state index is 6.10. The zero-order valence-electron chi connectivity index (χ0n) is 15.5. The smallest absolute Gasteiger partial charge is 0.188 e. The van der Waals surface area contributed by atoms with Crippen LogP contribution in [0.2, 0.25) is 0 Å². The molecule has 2 aliphatic heterocycles. The van der Waals surface area contributed by atoms with E-state index in [-0.39, 0.29) is 5.54 Å². The third-order valence-corrected chi connectivity index (χ3v) is 5.52. The van der Waals surface area contributed by atoms with Gasteiger partial charge in [0.15, 0.2) is 5.96 Å². The summed E-state index contributed by atoms with van der Waals surface area (Å²) in [6, 6.07) is 0. The Balaban J connectivity index is 1.94. The molecule has 0 spiro atoms. The summed E-state index contributed by atoms with van der Waals surface area (Å²) in [5.41, 5.74) is 6.34. The Morgan fingerprint density at radius 3 is 2.39 bits per heavy atom. The van der Waals surface area contributed by atoms with Crippen LogP contribution in [0.5, 0.6) is 0 Å². The molecule has 2 fully saturated rings. The molecule has 0 aromatic carbocycles. The van der Waals surface area contributed by atoms with Crippen molar-refractivity contribution in [2.75, 3.05) is 46.3 Å². The van der Waals surface area contributed by atoms with Gasteiger partial charge in [0.05, 0.1) is 6.54 Å². The first-order valence-corrected chi connectivity index (χ1v) is 9.49. The van der Waals surface area contributed by atoms with Crippen molar-refractivity contribution in [1.82, 2.24) is 15.1 Å². The van der Waals surface area contributed by atoms with Crippen LogP contribution in [0, 0.1) is 5.92 Å². The minimum atomic E-state index is 0.233. The second-order valence-corrected chi connectivity index (χ2v) is 7.89. The Morgan fingerprint density at radius 2 is 1.78 bits per heavy atom. The summed E-state index contributed by atoms with van der Waals surface area (Å²) in [6.45, 7) is 11.1. The average Bonchev–Trinajstić information content (AvgIpc) is 2.55. The van der Waals surface area contributed by atoms with Crippen molar-refractivity contribution >= 4 is 5.96 Å². The Morgan fingerprint density at radius 1 is 1.13 bits per heavy atom. The molecule has 2 aliphatic rings. The lowest BCUT2D eigenvalue weighted by atomic mass is 9.84. The van der Waals surface area contributed by atoms with Gasteiger partial charge in [-0.1, -0.05) is 20.3 Å². The molecule has 2 rings (SSSR count). The Hall–Kier alpha value is -0.810. The standard InChI is InChI=1S/C18H37N5/c1-16(2)7-10-20-17(19)21-15-18(8-13-22(3)14-9-18)23-11-5-4-6-12-23/h16H,4-15H2,1-3H3,(H3,19,20,21). The van der Waals surface area contributed by atoms with Crippen LogP contribution in [0.1, 0.15) is 52.4 Å². The van der Waals surface area contributed by atoms with Crippen molar-refractivity contribution in [3.05, 3.63) is 0 Å². The van der Waals surface area contributed by atoms with E-state index in [0.717, 1.165) is 19.5 Å². The van der Waals surface area contributed by atoms with Gasteiger partial charge in [0.25, 0.3) is 0 Å². The maximum Gasteiger partial charge on any atom is 0.188 e. The summed E-state index contributed by atoms with van der Waals surface area (Å²) in [6.07, 6.45) is 7.62. The molecule has 0 aliphatic carbocycles. The van der Waals surface area contributed by atoms with Gasteiger partial charge in [-0.05, 0) is 71.2 Å². The van der Waals surface area contributed by atoms with E-state index < -0.39 is 0 Å². The van der Waals surface area contributed by atoms with E-state index in [9.17, 15) is 0 Å². The number of nitrogens with one attached hydrogen (secondary N) is 1. The van der Waals surface area contributed by atoms with Gasteiger partial charge in [0.2, 0.25) is 0 Å². The maximum absolute atomic E-state index is 6.10. The summed E-state index contributed by atoms with van der Waals surface area (Å²) < 4.78 is 0. The summed E-state index contributed by atoms with van der Waals surface area (Å²) in [7, 11) is 2.23. The largest absolute Gasteiger partial charge is 0.370 e. The van der Waals surface area contributed by atoms with Gasteiger partial charge < -0.3 is 16.0 Å². The first-order valence-electron chi connectivity index (χ1n) is 9.49. The van der Waals surface area contributed by atoms with Gasteiger partial charge in [-0.15, -0.1) is 0 Å². The number of rotatable bonds is 6. The lowest BCUT2D eigenvalue weighted by molar-refractivity contribution is 0.0208. The molecular formula is C18H37N5. The molecule has 2 saturated heterocycles. The molecule has 0 saturated carbocycles. The summed E-state index contributed by atoms with van der Waals surface area (Å²) in [5, 5.41) is 3.28. The van der Waals surface area contributed by atoms with Gasteiger partial charge in [-0.25, -0.2) is 0 Å². The van der Waals surface area contributed by atoms with Crippen LogP contribution in [-0.2, 0) is 0 Å². The van der Waals surface area contributed by atoms with E-state index in [1.165, 1.54) is 58.3 Å². The molecule has 0 radical (unpaired) electrons. The molecule has 0 atom stereocenters. The number of piperidine rings is 2. The number of nitrogens with two attached hydrogens (primary N) is 1. The van der Waals surface area contributed by atoms with Gasteiger partial charge in [-0.3, -0.25) is 9.89 Å².